The zero-order valence-corrected chi connectivity index (χ0v) is 13.1. The summed E-state index contributed by atoms with van der Waals surface area (Å²) in [5.74, 6) is 0. The molecule has 0 aliphatic carbocycles. The van der Waals surface area contributed by atoms with Crippen molar-refractivity contribution in [3.63, 3.8) is 0 Å². The fourth-order valence-electron chi connectivity index (χ4n) is 2.01. The first kappa shape index (κ1) is 15.0. The summed E-state index contributed by atoms with van der Waals surface area (Å²) in [7, 11) is 1.87. The van der Waals surface area contributed by atoms with E-state index in [4.69, 9.17) is 5.26 Å². The fraction of sp³-hybridized carbons (Fsp3) is 0.133. The number of nitro benzene ring substituents is 1. The third-order valence-corrected chi connectivity index (χ3v) is 3.84. The van der Waals surface area contributed by atoms with Gasteiger partial charge in [-0.05, 0) is 53.2 Å². The van der Waals surface area contributed by atoms with Crippen molar-refractivity contribution in [2.45, 2.75) is 6.92 Å². The SMILES string of the molecule is Cc1cc(N(C)c2ccc(C#N)cc2)c(Br)cc1[N+](=O)[O-]. The molecule has 0 bridgehead atoms. The molecule has 21 heavy (non-hydrogen) atoms. The highest BCUT2D eigenvalue weighted by Crippen LogP contribution is 2.35. The monoisotopic (exact) mass is 345 g/mol. The van der Waals surface area contributed by atoms with Crippen LogP contribution >= 0.6 is 15.9 Å². The quantitative estimate of drug-likeness (QED) is 0.613. The van der Waals surface area contributed by atoms with Crippen LogP contribution < -0.4 is 4.90 Å². The molecule has 0 unspecified atom stereocenters. The number of hydrogen-bond acceptors (Lipinski definition) is 4. The molecule has 2 rings (SSSR count). The Labute approximate surface area is 130 Å². The zero-order chi connectivity index (χ0) is 15.6. The molecule has 0 saturated carbocycles. The molecule has 0 atom stereocenters. The molecule has 2 aromatic rings. The van der Waals surface area contributed by atoms with E-state index < -0.39 is 4.92 Å². The highest BCUT2D eigenvalue weighted by molar-refractivity contribution is 9.10. The lowest BCUT2D eigenvalue weighted by molar-refractivity contribution is -0.385. The molecule has 0 saturated heterocycles. The second-order valence-corrected chi connectivity index (χ2v) is 5.42. The van der Waals surface area contributed by atoms with E-state index in [1.165, 1.54) is 6.07 Å². The molecule has 0 spiro atoms. The predicted octanol–water partition coefficient (Wildman–Crippen LogP) is 4.31. The van der Waals surface area contributed by atoms with E-state index in [9.17, 15) is 10.1 Å². The number of nitrogens with zero attached hydrogens (tertiary/aromatic N) is 3. The van der Waals surface area contributed by atoms with Crippen LogP contribution in [-0.4, -0.2) is 12.0 Å². The van der Waals surface area contributed by atoms with E-state index >= 15 is 0 Å². The van der Waals surface area contributed by atoms with Crippen LogP contribution in [-0.2, 0) is 0 Å². The Kier molecular flexibility index (Phi) is 4.24. The van der Waals surface area contributed by atoms with Gasteiger partial charge >= 0.3 is 0 Å². The Balaban J connectivity index is 2.43. The Morgan fingerprint density at radius 3 is 2.43 bits per heavy atom. The maximum atomic E-state index is 10.9. The van der Waals surface area contributed by atoms with Crippen molar-refractivity contribution in [2.24, 2.45) is 0 Å². The van der Waals surface area contributed by atoms with Gasteiger partial charge in [0.15, 0.2) is 0 Å². The maximum absolute atomic E-state index is 10.9. The van der Waals surface area contributed by atoms with Gasteiger partial charge in [0.25, 0.3) is 5.69 Å². The number of hydrogen-bond donors (Lipinski definition) is 0. The average Bonchev–Trinajstić information content (AvgIpc) is 2.48. The molecule has 0 aliphatic heterocycles. The molecule has 0 aromatic heterocycles. The van der Waals surface area contributed by atoms with E-state index in [0.29, 0.717) is 15.6 Å². The van der Waals surface area contributed by atoms with Gasteiger partial charge < -0.3 is 4.90 Å². The van der Waals surface area contributed by atoms with Crippen LogP contribution in [0.1, 0.15) is 11.1 Å². The van der Waals surface area contributed by atoms with Crippen LogP contribution in [0.4, 0.5) is 17.1 Å². The summed E-state index contributed by atoms with van der Waals surface area (Å²) in [6.07, 6.45) is 0. The lowest BCUT2D eigenvalue weighted by atomic mass is 10.1. The largest absolute Gasteiger partial charge is 0.344 e. The Morgan fingerprint density at radius 2 is 1.90 bits per heavy atom. The van der Waals surface area contributed by atoms with Gasteiger partial charge in [-0.2, -0.15) is 5.26 Å². The first-order chi connectivity index (χ1) is 9.93. The van der Waals surface area contributed by atoms with Crippen LogP contribution in [0, 0.1) is 28.4 Å². The summed E-state index contributed by atoms with van der Waals surface area (Å²) in [5.41, 5.74) is 2.98. The minimum absolute atomic E-state index is 0.0823. The minimum Gasteiger partial charge on any atom is -0.344 e. The topological polar surface area (TPSA) is 70.2 Å². The summed E-state index contributed by atoms with van der Waals surface area (Å²) in [6.45, 7) is 1.71. The summed E-state index contributed by atoms with van der Waals surface area (Å²) in [6, 6.07) is 12.5. The van der Waals surface area contributed by atoms with E-state index in [-0.39, 0.29) is 5.69 Å². The second-order valence-electron chi connectivity index (χ2n) is 4.56. The van der Waals surface area contributed by atoms with Crippen LogP contribution in [0.3, 0.4) is 0 Å². The average molecular weight is 346 g/mol. The third-order valence-electron chi connectivity index (χ3n) is 3.21. The van der Waals surface area contributed by atoms with Gasteiger partial charge in [-0.25, -0.2) is 0 Å². The Bertz CT molecular complexity index is 736. The number of aryl methyl sites for hydroxylation is 1. The lowest BCUT2D eigenvalue weighted by Gasteiger charge is -2.21. The molecular formula is C15H12BrN3O2. The van der Waals surface area contributed by atoms with Gasteiger partial charge in [-0.3, -0.25) is 10.1 Å². The van der Waals surface area contributed by atoms with Crippen molar-refractivity contribution in [3.8, 4) is 6.07 Å². The molecule has 0 N–H and O–H groups in total. The summed E-state index contributed by atoms with van der Waals surface area (Å²) < 4.78 is 0.645. The van der Waals surface area contributed by atoms with Crippen molar-refractivity contribution in [2.75, 3.05) is 11.9 Å². The summed E-state index contributed by atoms with van der Waals surface area (Å²) in [5, 5.41) is 19.7. The molecule has 5 nitrogen and oxygen atoms in total. The number of benzene rings is 2. The number of nitriles is 1. The predicted molar refractivity (Wildman–Crippen MR) is 84.8 cm³/mol. The minimum atomic E-state index is -0.397. The van der Waals surface area contributed by atoms with Crippen molar-refractivity contribution < 1.29 is 4.92 Å². The maximum Gasteiger partial charge on any atom is 0.273 e. The van der Waals surface area contributed by atoms with Crippen LogP contribution in [0.25, 0.3) is 0 Å². The van der Waals surface area contributed by atoms with E-state index in [2.05, 4.69) is 22.0 Å². The summed E-state index contributed by atoms with van der Waals surface area (Å²) in [4.78, 5) is 12.4. The normalized spacial score (nSPS) is 10.0. The molecule has 106 valence electrons. The first-order valence-electron chi connectivity index (χ1n) is 6.12. The zero-order valence-electron chi connectivity index (χ0n) is 11.5. The Morgan fingerprint density at radius 1 is 1.29 bits per heavy atom. The van der Waals surface area contributed by atoms with Crippen molar-refractivity contribution >= 4 is 33.0 Å². The molecule has 2 aromatic carbocycles. The number of halogens is 1. The van der Waals surface area contributed by atoms with Gasteiger partial charge in [0.1, 0.15) is 0 Å². The van der Waals surface area contributed by atoms with Crippen LogP contribution in [0.15, 0.2) is 40.9 Å². The smallest absolute Gasteiger partial charge is 0.273 e. The van der Waals surface area contributed by atoms with Crippen LogP contribution in [0.2, 0.25) is 0 Å². The first-order valence-corrected chi connectivity index (χ1v) is 6.91. The fourth-order valence-corrected chi connectivity index (χ4v) is 2.61. The van der Waals surface area contributed by atoms with Gasteiger partial charge in [-0.1, -0.05) is 0 Å². The molecule has 6 heteroatoms. The standard InChI is InChI=1S/C15H12BrN3O2/c1-10-7-15(13(16)8-14(10)19(20)21)18(2)12-5-3-11(9-17)4-6-12/h3-8H,1-2H3. The molecule has 0 amide bonds. The molecule has 0 radical (unpaired) electrons. The van der Waals surface area contributed by atoms with Crippen molar-refractivity contribution in [3.05, 3.63) is 62.1 Å². The number of rotatable bonds is 3. The van der Waals surface area contributed by atoms with Crippen molar-refractivity contribution in [1.29, 1.82) is 5.26 Å². The van der Waals surface area contributed by atoms with Gasteiger partial charge in [0, 0.05) is 28.8 Å². The highest BCUT2D eigenvalue weighted by Gasteiger charge is 2.16. The highest BCUT2D eigenvalue weighted by atomic mass is 79.9. The molecule has 0 aliphatic rings. The molecule has 0 heterocycles. The van der Waals surface area contributed by atoms with Gasteiger partial charge in [0.05, 0.1) is 22.2 Å². The van der Waals surface area contributed by atoms with Crippen molar-refractivity contribution in [1.82, 2.24) is 0 Å². The third kappa shape index (κ3) is 3.03. The van der Waals surface area contributed by atoms with E-state index in [1.807, 2.05) is 24.1 Å². The van der Waals surface area contributed by atoms with E-state index in [0.717, 1.165) is 11.4 Å². The number of anilines is 2. The lowest BCUT2D eigenvalue weighted by Crippen LogP contribution is -2.10. The molecule has 0 fully saturated rings. The Hall–Kier alpha value is -2.39. The molecular weight excluding hydrogens is 334 g/mol. The second kappa shape index (κ2) is 5.94. The van der Waals surface area contributed by atoms with Gasteiger partial charge in [0.2, 0.25) is 0 Å². The number of nitro groups is 1. The van der Waals surface area contributed by atoms with E-state index in [1.54, 1.807) is 25.1 Å². The summed E-state index contributed by atoms with van der Waals surface area (Å²) >= 11 is 3.38. The van der Waals surface area contributed by atoms with Gasteiger partial charge in [-0.15, -0.1) is 0 Å². The van der Waals surface area contributed by atoms with Crippen LogP contribution in [0.5, 0.6) is 0 Å².